The third-order valence-corrected chi connectivity index (χ3v) is 1.53. The summed E-state index contributed by atoms with van der Waals surface area (Å²) in [5.41, 5.74) is 5.37. The Bertz CT molecular complexity index is 132. The molecule has 0 bridgehead atoms. The van der Waals surface area contributed by atoms with Gasteiger partial charge in [0.1, 0.15) is 6.61 Å². The first kappa shape index (κ1) is 10.6. The molecule has 0 heterocycles. The maximum Gasteiger partial charge on any atom is 0.159 e. The molecule has 3 heteroatoms. The van der Waals surface area contributed by atoms with Crippen LogP contribution >= 0.6 is 0 Å². The Morgan fingerprint density at radius 3 is 2.45 bits per heavy atom. The van der Waals surface area contributed by atoms with E-state index < -0.39 is 0 Å². The lowest BCUT2D eigenvalue weighted by Gasteiger charge is -2.20. The lowest BCUT2D eigenvalue weighted by molar-refractivity contribution is -0.124. The number of ketones is 1. The molecule has 0 aromatic heterocycles. The van der Waals surface area contributed by atoms with Crippen molar-refractivity contribution in [1.82, 2.24) is 0 Å². The number of hydrogen-bond donors (Lipinski definition) is 1. The van der Waals surface area contributed by atoms with Crippen molar-refractivity contribution in [3.63, 3.8) is 0 Å². The molecule has 2 N–H and O–H groups in total. The van der Waals surface area contributed by atoms with E-state index in [0.29, 0.717) is 13.0 Å². The molecule has 0 rings (SSSR count). The van der Waals surface area contributed by atoms with Crippen molar-refractivity contribution >= 4 is 5.78 Å². The van der Waals surface area contributed by atoms with Gasteiger partial charge in [-0.25, -0.2) is 0 Å². The molecule has 0 saturated heterocycles. The van der Waals surface area contributed by atoms with Gasteiger partial charge in [0.05, 0.1) is 0 Å². The zero-order valence-electron chi connectivity index (χ0n) is 7.52. The lowest BCUT2D eigenvalue weighted by atomic mass is 9.88. The van der Waals surface area contributed by atoms with Crippen molar-refractivity contribution in [3.8, 4) is 0 Å². The minimum absolute atomic E-state index is 0.0877. The van der Waals surface area contributed by atoms with Crippen LogP contribution < -0.4 is 5.73 Å². The van der Waals surface area contributed by atoms with Crippen molar-refractivity contribution in [2.75, 3.05) is 20.3 Å². The van der Waals surface area contributed by atoms with Gasteiger partial charge in [0.15, 0.2) is 5.78 Å². The number of hydrogen-bond acceptors (Lipinski definition) is 3. The second kappa shape index (κ2) is 4.46. The average Bonchev–Trinajstić information content (AvgIpc) is 1.87. The SMILES string of the molecule is COCC(=O)CC(C)(C)CN. The summed E-state index contributed by atoms with van der Waals surface area (Å²) < 4.78 is 4.70. The molecule has 0 amide bonds. The van der Waals surface area contributed by atoms with Crippen LogP contribution in [0.2, 0.25) is 0 Å². The summed E-state index contributed by atoms with van der Waals surface area (Å²) in [5.74, 6) is 0.114. The number of ether oxygens (including phenoxy) is 1. The summed E-state index contributed by atoms with van der Waals surface area (Å²) in [6.07, 6.45) is 0.497. The number of carbonyl (C=O) groups excluding carboxylic acids is 1. The second-order valence-electron chi connectivity index (χ2n) is 3.52. The zero-order chi connectivity index (χ0) is 8.91. The average molecular weight is 159 g/mol. The highest BCUT2D eigenvalue weighted by Crippen LogP contribution is 2.17. The highest BCUT2D eigenvalue weighted by molar-refractivity contribution is 5.80. The van der Waals surface area contributed by atoms with E-state index in [9.17, 15) is 4.79 Å². The van der Waals surface area contributed by atoms with Crippen molar-refractivity contribution in [1.29, 1.82) is 0 Å². The molecule has 0 aromatic carbocycles. The van der Waals surface area contributed by atoms with Crippen molar-refractivity contribution in [3.05, 3.63) is 0 Å². The molecule has 0 aromatic rings. The molecule has 0 saturated carbocycles. The highest BCUT2D eigenvalue weighted by Gasteiger charge is 2.19. The van der Waals surface area contributed by atoms with E-state index in [0.717, 1.165) is 0 Å². The van der Waals surface area contributed by atoms with Gasteiger partial charge in [0, 0.05) is 13.5 Å². The van der Waals surface area contributed by atoms with Crippen LogP contribution in [0.1, 0.15) is 20.3 Å². The van der Waals surface area contributed by atoms with E-state index in [4.69, 9.17) is 10.5 Å². The number of Topliss-reactive ketones (excluding diaryl/α,β-unsaturated/α-hetero) is 1. The van der Waals surface area contributed by atoms with Gasteiger partial charge < -0.3 is 10.5 Å². The molecule has 0 atom stereocenters. The minimum atomic E-state index is -0.0877. The van der Waals surface area contributed by atoms with Crippen LogP contribution in [0.3, 0.4) is 0 Å². The van der Waals surface area contributed by atoms with Gasteiger partial charge >= 0.3 is 0 Å². The summed E-state index contributed by atoms with van der Waals surface area (Å²) in [4.78, 5) is 11.0. The second-order valence-corrected chi connectivity index (χ2v) is 3.52. The summed E-state index contributed by atoms with van der Waals surface area (Å²) in [5, 5.41) is 0. The van der Waals surface area contributed by atoms with Gasteiger partial charge in [-0.15, -0.1) is 0 Å². The van der Waals surface area contributed by atoms with Crippen LogP contribution in [-0.4, -0.2) is 26.0 Å². The number of carbonyl (C=O) groups is 1. The van der Waals surface area contributed by atoms with Crippen molar-refractivity contribution in [2.45, 2.75) is 20.3 Å². The van der Waals surface area contributed by atoms with E-state index in [1.165, 1.54) is 7.11 Å². The molecule has 66 valence electrons. The molecule has 0 radical (unpaired) electrons. The molecule has 0 aliphatic carbocycles. The largest absolute Gasteiger partial charge is 0.377 e. The lowest BCUT2D eigenvalue weighted by Crippen LogP contribution is -2.27. The van der Waals surface area contributed by atoms with Gasteiger partial charge in [0.2, 0.25) is 0 Å². The minimum Gasteiger partial charge on any atom is -0.377 e. The zero-order valence-corrected chi connectivity index (χ0v) is 7.52. The summed E-state index contributed by atoms with van der Waals surface area (Å²) >= 11 is 0. The number of rotatable bonds is 5. The Labute approximate surface area is 67.9 Å². The fraction of sp³-hybridized carbons (Fsp3) is 0.875. The predicted molar refractivity (Wildman–Crippen MR) is 44.3 cm³/mol. The monoisotopic (exact) mass is 159 g/mol. The first-order valence-corrected chi connectivity index (χ1v) is 3.72. The van der Waals surface area contributed by atoms with E-state index in [-0.39, 0.29) is 17.8 Å². The maximum absolute atomic E-state index is 11.0. The van der Waals surface area contributed by atoms with E-state index in [2.05, 4.69) is 0 Å². The Morgan fingerprint density at radius 2 is 2.09 bits per heavy atom. The van der Waals surface area contributed by atoms with Gasteiger partial charge in [-0.2, -0.15) is 0 Å². The third-order valence-electron chi connectivity index (χ3n) is 1.53. The van der Waals surface area contributed by atoms with Crippen molar-refractivity contribution in [2.24, 2.45) is 11.1 Å². The van der Waals surface area contributed by atoms with E-state index in [1.807, 2.05) is 13.8 Å². The van der Waals surface area contributed by atoms with Crippen LogP contribution in [0.5, 0.6) is 0 Å². The molecule has 3 nitrogen and oxygen atoms in total. The van der Waals surface area contributed by atoms with E-state index in [1.54, 1.807) is 0 Å². The van der Waals surface area contributed by atoms with Gasteiger partial charge in [-0.05, 0) is 12.0 Å². The Morgan fingerprint density at radius 1 is 1.55 bits per heavy atom. The fourth-order valence-electron chi connectivity index (χ4n) is 0.818. The van der Waals surface area contributed by atoms with Crippen LogP contribution in [0.15, 0.2) is 0 Å². The topological polar surface area (TPSA) is 52.3 Å². The van der Waals surface area contributed by atoms with Gasteiger partial charge in [-0.1, -0.05) is 13.8 Å². The van der Waals surface area contributed by atoms with Crippen LogP contribution in [0.25, 0.3) is 0 Å². The Hall–Kier alpha value is -0.410. The van der Waals surface area contributed by atoms with E-state index >= 15 is 0 Å². The quantitative estimate of drug-likeness (QED) is 0.638. The molecule has 0 aliphatic rings. The summed E-state index contributed by atoms with van der Waals surface area (Å²) in [6.45, 7) is 4.67. The fourth-order valence-corrected chi connectivity index (χ4v) is 0.818. The van der Waals surface area contributed by atoms with Gasteiger partial charge in [0.25, 0.3) is 0 Å². The van der Waals surface area contributed by atoms with Gasteiger partial charge in [-0.3, -0.25) is 4.79 Å². The van der Waals surface area contributed by atoms with Crippen LogP contribution in [0.4, 0.5) is 0 Å². The maximum atomic E-state index is 11.0. The normalized spacial score (nSPS) is 11.6. The molecular formula is C8H17NO2. The third kappa shape index (κ3) is 4.93. The molecule has 0 aliphatic heterocycles. The summed E-state index contributed by atoms with van der Waals surface area (Å²) in [7, 11) is 1.52. The molecule has 0 fully saturated rings. The summed E-state index contributed by atoms with van der Waals surface area (Å²) in [6, 6.07) is 0. The van der Waals surface area contributed by atoms with Crippen molar-refractivity contribution < 1.29 is 9.53 Å². The predicted octanol–water partition coefficient (Wildman–Crippen LogP) is 0.577. The molecule has 11 heavy (non-hydrogen) atoms. The Balaban J connectivity index is 3.74. The molecule has 0 unspecified atom stereocenters. The number of methoxy groups -OCH3 is 1. The highest BCUT2D eigenvalue weighted by atomic mass is 16.5. The standard InChI is InChI=1S/C8H17NO2/c1-8(2,6-9)4-7(10)5-11-3/h4-6,9H2,1-3H3. The Kier molecular flexibility index (Phi) is 4.30. The van der Waals surface area contributed by atoms with Crippen LogP contribution in [0, 0.1) is 5.41 Å². The molecule has 0 spiro atoms. The first-order valence-electron chi connectivity index (χ1n) is 3.72. The number of nitrogens with two attached hydrogens (primary N) is 1. The first-order chi connectivity index (χ1) is 5.02. The molecular weight excluding hydrogens is 142 g/mol. The smallest absolute Gasteiger partial charge is 0.159 e. The van der Waals surface area contributed by atoms with Crippen LogP contribution in [-0.2, 0) is 9.53 Å².